The molecular formula is C67H45NO. The molecule has 1 aliphatic carbocycles. The van der Waals surface area contributed by atoms with Crippen molar-refractivity contribution in [1.29, 1.82) is 0 Å². The number of rotatable bonds is 9. The zero-order valence-electron chi connectivity index (χ0n) is 37.8. The Kier molecular flexibility index (Phi) is 9.77. The summed E-state index contributed by atoms with van der Waals surface area (Å²) in [5, 5.41) is 2.24. The van der Waals surface area contributed by atoms with Crippen LogP contribution in [0.3, 0.4) is 0 Å². The van der Waals surface area contributed by atoms with Crippen LogP contribution in [0.15, 0.2) is 277 Å². The Hall–Kier alpha value is -8.98. The topological polar surface area (TPSA) is 16.4 Å². The van der Waals surface area contributed by atoms with E-state index in [2.05, 4.69) is 278 Å². The van der Waals surface area contributed by atoms with Crippen LogP contribution in [-0.4, -0.2) is 0 Å². The highest BCUT2D eigenvalue weighted by atomic mass is 16.3. The Bertz CT molecular complexity index is 3630. The zero-order chi connectivity index (χ0) is 45.7. The number of hydrogen-bond donors (Lipinski definition) is 0. The number of benzene rings is 11. The summed E-state index contributed by atoms with van der Waals surface area (Å²) in [7, 11) is 0. The summed E-state index contributed by atoms with van der Waals surface area (Å²) in [6.07, 6.45) is 0. The first-order chi connectivity index (χ1) is 34.2. The molecule has 2 nitrogen and oxygen atoms in total. The van der Waals surface area contributed by atoms with E-state index in [4.69, 9.17) is 4.42 Å². The van der Waals surface area contributed by atoms with Crippen molar-refractivity contribution in [3.63, 3.8) is 0 Å². The summed E-state index contributed by atoms with van der Waals surface area (Å²) in [6.45, 7) is 0. The highest BCUT2D eigenvalue weighted by Crippen LogP contribution is 2.59. The Balaban J connectivity index is 0.999. The third-order valence-corrected chi connectivity index (χ3v) is 14.2. The van der Waals surface area contributed by atoms with Crippen LogP contribution in [0.2, 0.25) is 0 Å². The van der Waals surface area contributed by atoms with Crippen molar-refractivity contribution in [1.82, 2.24) is 0 Å². The highest BCUT2D eigenvalue weighted by molar-refractivity contribution is 6.12. The molecule has 13 rings (SSSR count). The van der Waals surface area contributed by atoms with Gasteiger partial charge in [-0.25, -0.2) is 0 Å². The van der Waals surface area contributed by atoms with Gasteiger partial charge in [-0.2, -0.15) is 0 Å². The molecule has 0 saturated carbocycles. The molecule has 12 aromatic rings. The van der Waals surface area contributed by atoms with Gasteiger partial charge in [0.15, 0.2) is 0 Å². The lowest BCUT2D eigenvalue weighted by molar-refractivity contribution is 0.669. The van der Waals surface area contributed by atoms with Gasteiger partial charge < -0.3 is 9.32 Å². The second-order valence-electron chi connectivity index (χ2n) is 18.0. The van der Waals surface area contributed by atoms with E-state index in [0.717, 1.165) is 61.3 Å². The van der Waals surface area contributed by atoms with Gasteiger partial charge in [0.05, 0.1) is 5.41 Å². The molecule has 2 heteroatoms. The van der Waals surface area contributed by atoms with Gasteiger partial charge in [0.1, 0.15) is 11.2 Å². The van der Waals surface area contributed by atoms with Crippen LogP contribution in [-0.2, 0) is 5.41 Å². The molecule has 0 amide bonds. The van der Waals surface area contributed by atoms with E-state index in [0.29, 0.717) is 0 Å². The molecule has 0 saturated heterocycles. The van der Waals surface area contributed by atoms with Gasteiger partial charge in [-0.1, -0.05) is 218 Å². The second kappa shape index (κ2) is 16.7. The van der Waals surface area contributed by atoms with Crippen molar-refractivity contribution >= 4 is 39.0 Å². The van der Waals surface area contributed by atoms with Gasteiger partial charge in [0.2, 0.25) is 0 Å². The van der Waals surface area contributed by atoms with Gasteiger partial charge in [0, 0.05) is 33.4 Å². The first-order valence-electron chi connectivity index (χ1n) is 23.7. The summed E-state index contributed by atoms with van der Waals surface area (Å²) < 4.78 is 6.96. The van der Waals surface area contributed by atoms with Gasteiger partial charge in [-0.05, 0) is 127 Å². The number of nitrogens with zero attached hydrogens (tertiary/aromatic N) is 1. The third-order valence-electron chi connectivity index (χ3n) is 14.2. The summed E-state index contributed by atoms with van der Waals surface area (Å²) in [5.74, 6) is 0. The lowest BCUT2D eigenvalue weighted by Crippen LogP contribution is -2.28. The van der Waals surface area contributed by atoms with E-state index in [9.17, 15) is 0 Å². The largest absolute Gasteiger partial charge is 0.455 e. The SMILES string of the molecule is c1ccc(-c2cccc(-c3ccc(N(c4ccc(-c5cccc(-c6ccccc6)c5)cc4)c4ccc5c(c4)-c4c(ccc6c4oc4ccccc46)C5(c4ccccc4)c4ccccc4)cc3)c2)cc1. The first kappa shape index (κ1) is 40.3. The first-order valence-corrected chi connectivity index (χ1v) is 23.7. The molecule has 0 radical (unpaired) electrons. The van der Waals surface area contributed by atoms with Crippen molar-refractivity contribution < 1.29 is 4.42 Å². The van der Waals surface area contributed by atoms with E-state index in [-0.39, 0.29) is 0 Å². The van der Waals surface area contributed by atoms with Gasteiger partial charge in [-0.3, -0.25) is 0 Å². The average molecular weight is 880 g/mol. The van der Waals surface area contributed by atoms with Crippen molar-refractivity contribution in [2.45, 2.75) is 5.41 Å². The molecule has 0 atom stereocenters. The quantitative estimate of drug-likeness (QED) is 0.144. The summed E-state index contributed by atoms with van der Waals surface area (Å²) in [6, 6.07) is 99.1. The molecule has 1 aromatic heterocycles. The van der Waals surface area contributed by atoms with Crippen LogP contribution in [0.25, 0.3) is 77.6 Å². The lowest BCUT2D eigenvalue weighted by atomic mass is 9.67. The molecule has 1 aliphatic rings. The van der Waals surface area contributed by atoms with Crippen LogP contribution < -0.4 is 4.90 Å². The van der Waals surface area contributed by atoms with Crippen molar-refractivity contribution in [3.05, 3.63) is 295 Å². The van der Waals surface area contributed by atoms with E-state index in [1.54, 1.807) is 0 Å². The maximum atomic E-state index is 6.96. The molecule has 0 fully saturated rings. The van der Waals surface area contributed by atoms with E-state index in [1.165, 1.54) is 55.6 Å². The minimum absolute atomic E-state index is 0.588. The molecule has 0 aliphatic heterocycles. The van der Waals surface area contributed by atoms with Crippen molar-refractivity contribution in [3.8, 4) is 55.6 Å². The van der Waals surface area contributed by atoms with Gasteiger partial charge in [-0.15, -0.1) is 0 Å². The van der Waals surface area contributed by atoms with Crippen molar-refractivity contribution in [2.24, 2.45) is 0 Å². The number of hydrogen-bond acceptors (Lipinski definition) is 2. The molecule has 0 spiro atoms. The molecule has 69 heavy (non-hydrogen) atoms. The number of fused-ring (bicyclic) bond motifs is 7. The minimum Gasteiger partial charge on any atom is -0.455 e. The van der Waals surface area contributed by atoms with Gasteiger partial charge in [0.25, 0.3) is 0 Å². The van der Waals surface area contributed by atoms with Crippen LogP contribution in [0.5, 0.6) is 0 Å². The normalized spacial score (nSPS) is 12.5. The summed E-state index contributed by atoms with van der Waals surface area (Å²) in [5.41, 5.74) is 21.1. The average Bonchev–Trinajstić information content (AvgIpc) is 3.96. The smallest absolute Gasteiger partial charge is 0.143 e. The summed E-state index contributed by atoms with van der Waals surface area (Å²) >= 11 is 0. The van der Waals surface area contributed by atoms with Crippen LogP contribution in [0.4, 0.5) is 17.1 Å². The molecule has 0 bridgehead atoms. The third kappa shape index (κ3) is 6.80. The monoisotopic (exact) mass is 879 g/mol. The van der Waals surface area contributed by atoms with E-state index >= 15 is 0 Å². The highest BCUT2D eigenvalue weighted by Gasteiger charge is 2.47. The van der Waals surface area contributed by atoms with Crippen molar-refractivity contribution in [2.75, 3.05) is 4.90 Å². The minimum atomic E-state index is -0.588. The molecule has 11 aromatic carbocycles. The second-order valence-corrected chi connectivity index (χ2v) is 18.0. The number of anilines is 3. The van der Waals surface area contributed by atoms with Gasteiger partial charge >= 0.3 is 0 Å². The fourth-order valence-corrected chi connectivity index (χ4v) is 11.0. The Morgan fingerprint density at radius 3 is 1.23 bits per heavy atom. The maximum Gasteiger partial charge on any atom is 0.143 e. The standard InChI is InChI=1S/C67H45NO/c1-5-17-46(18-6-1)50-21-15-23-52(43-50)48-31-35-56(36-32-48)68(57-37-33-49(34-38-57)53-24-16-22-51(44-53)47-19-7-2-8-20-47)58-39-41-62-61(45-58)65-63(42-40-60-59-29-13-14-30-64(59)69-66(60)65)67(62,54-25-9-3-10-26-54)55-27-11-4-12-28-55/h1-45H. The lowest BCUT2D eigenvalue weighted by Gasteiger charge is -2.34. The maximum absolute atomic E-state index is 6.96. The molecular weight excluding hydrogens is 835 g/mol. The zero-order valence-corrected chi connectivity index (χ0v) is 37.8. The van der Waals surface area contributed by atoms with Crippen LogP contribution in [0.1, 0.15) is 22.3 Å². The fraction of sp³-hybridized carbons (Fsp3) is 0.0149. The fourth-order valence-electron chi connectivity index (χ4n) is 11.0. The molecule has 324 valence electrons. The van der Waals surface area contributed by atoms with Crippen LogP contribution >= 0.6 is 0 Å². The Morgan fingerprint density at radius 2 is 0.710 bits per heavy atom. The predicted molar refractivity (Wildman–Crippen MR) is 287 cm³/mol. The predicted octanol–water partition coefficient (Wildman–Crippen LogP) is 18.1. The Morgan fingerprint density at radius 1 is 0.290 bits per heavy atom. The molecule has 1 heterocycles. The summed E-state index contributed by atoms with van der Waals surface area (Å²) in [4.78, 5) is 2.40. The molecule has 0 N–H and O–H groups in total. The number of para-hydroxylation sites is 1. The van der Waals surface area contributed by atoms with E-state index < -0.39 is 5.41 Å². The number of furan rings is 1. The molecule has 0 unspecified atom stereocenters. The van der Waals surface area contributed by atoms with E-state index in [1.807, 2.05) is 0 Å². The van der Waals surface area contributed by atoms with Crippen LogP contribution in [0, 0.1) is 0 Å². The Labute approximate surface area is 402 Å².